The minimum atomic E-state index is -5.01. The molecule has 24 nitrogen and oxygen atoms in total. The molecule has 3 aromatic carbocycles. The van der Waals surface area contributed by atoms with Crippen molar-refractivity contribution in [3.63, 3.8) is 0 Å². The summed E-state index contributed by atoms with van der Waals surface area (Å²) >= 11 is 0.553. The number of azo groups is 2. The molecular formula is C25H26N6O18S5. The zero-order valence-electron chi connectivity index (χ0n) is 27.0. The fraction of sp³-hybridized carbons (Fsp3) is 0.160. The van der Waals surface area contributed by atoms with Crippen molar-refractivity contribution in [3.05, 3.63) is 47.5 Å². The first-order valence-electron chi connectivity index (χ1n) is 13.4. The summed E-state index contributed by atoms with van der Waals surface area (Å²) in [6, 6.07) is 6.29. The molecule has 0 aliphatic rings. The quantitative estimate of drug-likeness (QED) is 0.0243. The maximum absolute atomic E-state index is 12.8. The molecule has 3 aromatic rings. The number of nitrogens with two attached hydrogens (primary N) is 2. The Balaban J connectivity index is 0.0000101. The van der Waals surface area contributed by atoms with Crippen LogP contribution in [0.4, 0.5) is 34.1 Å². The van der Waals surface area contributed by atoms with Gasteiger partial charge in [-0.05, 0) is 58.9 Å². The number of thioether (sulfide) groups is 1. The number of nitrogens with zero attached hydrogens (tertiary/aromatic N) is 4. The second-order valence-electron chi connectivity index (χ2n) is 9.68. The van der Waals surface area contributed by atoms with Crippen molar-refractivity contribution < 1.29 is 80.8 Å². The maximum atomic E-state index is 12.8. The topological polar surface area (TPSA) is 404 Å². The highest BCUT2D eigenvalue weighted by atomic mass is 32.3. The molecule has 0 heterocycles. The van der Waals surface area contributed by atoms with Crippen molar-refractivity contribution in [1.29, 1.82) is 0 Å². The van der Waals surface area contributed by atoms with E-state index in [4.69, 9.17) is 25.3 Å². The number of benzene rings is 3. The van der Waals surface area contributed by atoms with Gasteiger partial charge in [0.1, 0.15) is 33.4 Å². The van der Waals surface area contributed by atoms with Crippen LogP contribution >= 0.6 is 11.8 Å². The second-order valence-corrected chi connectivity index (χ2v) is 16.1. The molecule has 0 saturated carbocycles. The number of carboxylic acids is 1. The molecule has 0 aliphatic heterocycles. The molecule has 0 spiro atoms. The molecule has 10 N–H and O–H groups in total. The van der Waals surface area contributed by atoms with Gasteiger partial charge in [0.15, 0.2) is 15.9 Å². The first kappa shape index (κ1) is 45.2. The Morgan fingerprint density at radius 1 is 0.852 bits per heavy atom. The summed E-state index contributed by atoms with van der Waals surface area (Å²) < 4.78 is 132. The molecule has 0 amide bonds. The number of anilines is 2. The van der Waals surface area contributed by atoms with Gasteiger partial charge in [0, 0.05) is 16.2 Å². The first-order chi connectivity index (χ1) is 24.4. The zero-order chi connectivity index (χ0) is 39.9. The van der Waals surface area contributed by atoms with Crippen molar-refractivity contribution in [2.45, 2.75) is 21.6 Å². The third kappa shape index (κ3) is 12.6. The van der Waals surface area contributed by atoms with Crippen molar-refractivity contribution in [2.24, 2.45) is 20.5 Å². The first-order valence-corrected chi connectivity index (χ1v) is 20.0. The average molecular weight is 859 g/mol. The predicted octanol–water partition coefficient (Wildman–Crippen LogP) is 2.47. The van der Waals surface area contributed by atoms with Crippen LogP contribution < -0.4 is 16.2 Å². The van der Waals surface area contributed by atoms with Gasteiger partial charge >= 0.3 is 26.8 Å². The number of methoxy groups -OCH3 is 1. The van der Waals surface area contributed by atoms with E-state index in [1.807, 2.05) is 0 Å². The second kappa shape index (κ2) is 17.9. The fourth-order valence-electron chi connectivity index (χ4n) is 3.89. The summed E-state index contributed by atoms with van der Waals surface area (Å²) in [6.45, 7) is 0.482. The van der Waals surface area contributed by atoms with E-state index in [0.29, 0.717) is 11.8 Å². The fourth-order valence-corrected chi connectivity index (χ4v) is 7.00. The molecule has 294 valence electrons. The molecule has 0 atom stereocenters. The van der Waals surface area contributed by atoms with E-state index in [2.05, 4.69) is 39.1 Å². The Hall–Kier alpha value is -5.00. The van der Waals surface area contributed by atoms with Crippen LogP contribution in [0.3, 0.4) is 0 Å². The van der Waals surface area contributed by atoms with Gasteiger partial charge in [-0.3, -0.25) is 18.5 Å². The van der Waals surface area contributed by atoms with E-state index >= 15 is 0 Å². The lowest BCUT2D eigenvalue weighted by Gasteiger charge is -2.12. The third-order valence-corrected chi connectivity index (χ3v) is 10.1. The van der Waals surface area contributed by atoms with Crippen LogP contribution in [0.5, 0.6) is 5.75 Å². The van der Waals surface area contributed by atoms with E-state index < -0.39 is 86.6 Å². The number of carboxylic acid groups (broad SMARTS) is 1. The molecule has 0 saturated heterocycles. The van der Waals surface area contributed by atoms with Crippen LogP contribution in [-0.4, -0.2) is 83.4 Å². The van der Waals surface area contributed by atoms with E-state index in [1.165, 1.54) is 26.2 Å². The SMILES string of the molecule is COc1cc(S(=O)(=O)CCOS(=O)(=O)O)c(C)cc1N=Nc1c(N)cc(C(=O)O)c(N=Nc2ccc(SC#COOS(=O)(=O)O)cc2S(=O)(=O)O)c1N.O. The van der Waals surface area contributed by atoms with E-state index in [-0.39, 0.29) is 43.6 Å². The van der Waals surface area contributed by atoms with Gasteiger partial charge < -0.3 is 26.8 Å². The summed E-state index contributed by atoms with van der Waals surface area (Å²) in [4.78, 5) is 14.9. The van der Waals surface area contributed by atoms with Crippen LogP contribution in [-0.2, 0) is 54.2 Å². The maximum Gasteiger partial charge on any atom is 0.433 e. The summed E-state index contributed by atoms with van der Waals surface area (Å²) in [5.41, 5.74) is 9.24. The number of nitrogen functional groups attached to an aromatic ring is 2. The lowest BCUT2D eigenvalue weighted by molar-refractivity contribution is -0.135. The highest BCUT2D eigenvalue weighted by Gasteiger charge is 2.24. The molecule has 29 heteroatoms. The highest BCUT2D eigenvalue weighted by Crippen LogP contribution is 2.43. The normalized spacial score (nSPS) is 12.2. The van der Waals surface area contributed by atoms with Gasteiger partial charge in [-0.1, -0.05) is 0 Å². The van der Waals surface area contributed by atoms with E-state index in [9.17, 15) is 48.1 Å². The minimum absolute atomic E-state index is 0. The molecule has 3 rings (SSSR count). The van der Waals surface area contributed by atoms with Crippen LogP contribution in [0.1, 0.15) is 15.9 Å². The van der Waals surface area contributed by atoms with Crippen LogP contribution in [0.15, 0.2) is 71.5 Å². The molecular weight excluding hydrogens is 833 g/mol. The number of ether oxygens (including phenoxy) is 1. The van der Waals surface area contributed by atoms with Gasteiger partial charge in [-0.15, -0.1) is 20.5 Å². The Kier molecular flexibility index (Phi) is 15.0. The van der Waals surface area contributed by atoms with Crippen molar-refractivity contribution in [3.8, 4) is 17.1 Å². The van der Waals surface area contributed by atoms with Gasteiger partial charge in [-0.2, -0.15) is 25.3 Å². The summed E-state index contributed by atoms with van der Waals surface area (Å²) in [6.07, 6.45) is 1.73. The smallest absolute Gasteiger partial charge is 0.433 e. The molecule has 0 unspecified atom stereocenters. The van der Waals surface area contributed by atoms with Crippen molar-refractivity contribution in [2.75, 3.05) is 30.9 Å². The number of aryl methyl sites for hydroxylation is 1. The molecule has 0 aromatic heterocycles. The third-order valence-electron chi connectivity index (χ3n) is 6.06. The van der Waals surface area contributed by atoms with Crippen LogP contribution in [0.2, 0.25) is 0 Å². The molecule has 0 bridgehead atoms. The number of rotatable bonds is 15. The van der Waals surface area contributed by atoms with Gasteiger partial charge in [0.05, 0.1) is 41.3 Å². The van der Waals surface area contributed by atoms with Gasteiger partial charge in [0.25, 0.3) is 10.1 Å². The largest absolute Gasteiger partial charge is 0.494 e. The van der Waals surface area contributed by atoms with Crippen LogP contribution in [0.25, 0.3) is 0 Å². The predicted molar refractivity (Wildman–Crippen MR) is 185 cm³/mol. The number of sulfone groups is 1. The Morgan fingerprint density at radius 3 is 2.06 bits per heavy atom. The molecule has 0 aliphatic carbocycles. The monoisotopic (exact) mass is 858 g/mol. The highest BCUT2D eigenvalue weighted by molar-refractivity contribution is 8.04. The van der Waals surface area contributed by atoms with E-state index in [1.54, 1.807) is 6.11 Å². The minimum Gasteiger partial charge on any atom is -0.494 e. The summed E-state index contributed by atoms with van der Waals surface area (Å²) in [5, 5.41) is 27.4. The molecule has 0 fully saturated rings. The number of hydrogen-bond acceptors (Lipinski definition) is 20. The van der Waals surface area contributed by atoms with Crippen LogP contribution in [0, 0.1) is 18.3 Å². The van der Waals surface area contributed by atoms with Crippen molar-refractivity contribution >= 4 is 92.6 Å². The molecule has 0 radical (unpaired) electrons. The molecule has 54 heavy (non-hydrogen) atoms. The standard InChI is InChI=1S/C25H24N6O17S5.H2O/c1-13-9-18(19(45-2)12-20(13)50(34,35)8-6-47-52(39,40)41)29-31-24-16(26)11-15(25(32)33)23(22(24)27)30-28-17-4-3-14(10-21(17)51(36,37)38)49-7-5-46-48-53(42,43)44;/h3-4,9-12H,6,8,26-27H2,1-2H3,(H,32,33)(H,36,37,38)(H,39,40,41)(H,42,43,44);1H2. The number of carbonyl (C=O) groups is 1. The zero-order valence-corrected chi connectivity index (χ0v) is 31.0. The number of aromatic carboxylic acids is 1. The van der Waals surface area contributed by atoms with Crippen molar-refractivity contribution in [1.82, 2.24) is 0 Å². The van der Waals surface area contributed by atoms with E-state index in [0.717, 1.165) is 24.3 Å². The Labute approximate surface area is 310 Å². The lowest BCUT2D eigenvalue weighted by atomic mass is 10.1. The number of hydrogen-bond donors (Lipinski definition) is 6. The summed E-state index contributed by atoms with van der Waals surface area (Å²) in [5.74, 6) is -2.59. The average Bonchev–Trinajstić information content (AvgIpc) is 3.02. The lowest BCUT2D eigenvalue weighted by Crippen LogP contribution is -2.16. The van der Waals surface area contributed by atoms with Gasteiger partial charge in [0.2, 0.25) is 0 Å². The Morgan fingerprint density at radius 2 is 1.48 bits per heavy atom. The van der Waals surface area contributed by atoms with Gasteiger partial charge in [-0.25, -0.2) is 17.4 Å². The summed E-state index contributed by atoms with van der Waals surface area (Å²) in [7, 11) is -17.9. The Bertz CT molecular complexity index is 2520.